The molecule has 1 atom stereocenters. The first-order valence-corrected chi connectivity index (χ1v) is 5.30. The molecule has 1 aromatic carbocycles. The first kappa shape index (κ1) is 12.5. The molecule has 1 unspecified atom stereocenters. The molecule has 0 aliphatic heterocycles. The lowest BCUT2D eigenvalue weighted by molar-refractivity contribution is 0.0629. The Morgan fingerprint density at radius 2 is 2.00 bits per heavy atom. The van der Waals surface area contributed by atoms with Gasteiger partial charge in [-0.2, -0.15) is 0 Å². The second-order valence-electron chi connectivity index (χ2n) is 4.82. The van der Waals surface area contributed by atoms with Gasteiger partial charge in [-0.25, -0.2) is 4.39 Å². The van der Waals surface area contributed by atoms with Crippen LogP contribution in [0.4, 0.5) is 4.39 Å². The van der Waals surface area contributed by atoms with Crippen molar-refractivity contribution in [1.29, 1.82) is 0 Å². The van der Waals surface area contributed by atoms with Crippen LogP contribution in [0.5, 0.6) is 0 Å². The smallest absolute Gasteiger partial charge is 0.126 e. The van der Waals surface area contributed by atoms with E-state index < -0.39 is 6.10 Å². The molecule has 0 amide bonds. The Morgan fingerprint density at radius 3 is 2.53 bits per heavy atom. The molecule has 1 rings (SSSR count). The van der Waals surface area contributed by atoms with Crippen LogP contribution in [-0.2, 0) is 6.42 Å². The van der Waals surface area contributed by atoms with E-state index in [0.29, 0.717) is 10.6 Å². The Labute approximate surface area is 94.9 Å². The highest BCUT2D eigenvalue weighted by Gasteiger charge is 2.23. The van der Waals surface area contributed by atoms with Gasteiger partial charge in [-0.1, -0.05) is 32.4 Å². The molecule has 0 bridgehead atoms. The monoisotopic (exact) mass is 230 g/mol. The van der Waals surface area contributed by atoms with Crippen LogP contribution in [0.3, 0.4) is 0 Å². The zero-order chi connectivity index (χ0) is 11.6. The standard InChI is InChI=1S/C12H16ClFO/c1-12(2,3)11(15)7-8-6-9(13)4-5-10(8)14/h4-6,11,15H,7H2,1-3H3. The van der Waals surface area contributed by atoms with Crippen LogP contribution in [0, 0.1) is 11.2 Å². The summed E-state index contributed by atoms with van der Waals surface area (Å²) in [6.45, 7) is 5.75. The molecule has 0 aromatic heterocycles. The van der Waals surface area contributed by atoms with Crippen molar-refractivity contribution in [1.82, 2.24) is 0 Å². The number of aliphatic hydroxyl groups is 1. The summed E-state index contributed by atoms with van der Waals surface area (Å²) in [5.41, 5.74) is 0.208. The summed E-state index contributed by atoms with van der Waals surface area (Å²) in [6, 6.07) is 4.39. The Balaban J connectivity index is 2.85. The molecule has 0 aliphatic rings. The number of aliphatic hydroxyl groups excluding tert-OH is 1. The molecule has 0 radical (unpaired) electrons. The maximum absolute atomic E-state index is 13.3. The quantitative estimate of drug-likeness (QED) is 0.826. The summed E-state index contributed by atoms with van der Waals surface area (Å²) in [6.07, 6.45) is -0.291. The summed E-state index contributed by atoms with van der Waals surface area (Å²) < 4.78 is 13.3. The van der Waals surface area contributed by atoms with Gasteiger partial charge in [0.05, 0.1) is 6.10 Å². The number of hydrogen-bond acceptors (Lipinski definition) is 1. The maximum atomic E-state index is 13.3. The highest BCUT2D eigenvalue weighted by atomic mass is 35.5. The molecule has 1 nitrogen and oxygen atoms in total. The molecule has 0 saturated carbocycles. The van der Waals surface area contributed by atoms with E-state index in [4.69, 9.17) is 11.6 Å². The molecule has 0 spiro atoms. The molecule has 3 heteroatoms. The third-order valence-electron chi connectivity index (χ3n) is 2.42. The van der Waals surface area contributed by atoms with Gasteiger partial charge in [-0.15, -0.1) is 0 Å². The number of rotatable bonds is 2. The first-order valence-electron chi connectivity index (χ1n) is 4.92. The number of benzene rings is 1. The van der Waals surface area contributed by atoms with E-state index in [1.807, 2.05) is 20.8 Å². The van der Waals surface area contributed by atoms with Gasteiger partial charge >= 0.3 is 0 Å². The molecule has 0 heterocycles. The minimum atomic E-state index is -0.578. The topological polar surface area (TPSA) is 20.2 Å². The summed E-state index contributed by atoms with van der Waals surface area (Å²) in [4.78, 5) is 0. The van der Waals surface area contributed by atoms with Crippen molar-refractivity contribution in [2.24, 2.45) is 5.41 Å². The lowest BCUT2D eigenvalue weighted by Gasteiger charge is -2.26. The number of hydrogen-bond donors (Lipinski definition) is 1. The van der Waals surface area contributed by atoms with Crippen molar-refractivity contribution in [3.05, 3.63) is 34.6 Å². The lowest BCUT2D eigenvalue weighted by Crippen LogP contribution is -2.28. The molecule has 0 saturated heterocycles. The molecule has 0 aliphatic carbocycles. The van der Waals surface area contributed by atoms with Gasteiger partial charge in [0.1, 0.15) is 5.82 Å². The normalized spacial score (nSPS) is 14.0. The van der Waals surface area contributed by atoms with E-state index in [1.54, 1.807) is 6.07 Å². The van der Waals surface area contributed by atoms with E-state index in [9.17, 15) is 9.50 Å². The van der Waals surface area contributed by atoms with Crippen molar-refractivity contribution in [2.75, 3.05) is 0 Å². The van der Waals surface area contributed by atoms with Crippen LogP contribution in [0.1, 0.15) is 26.3 Å². The first-order chi connectivity index (χ1) is 6.80. The second-order valence-corrected chi connectivity index (χ2v) is 5.26. The lowest BCUT2D eigenvalue weighted by atomic mass is 9.85. The van der Waals surface area contributed by atoms with Gasteiger partial charge in [-0.3, -0.25) is 0 Å². The Bertz CT molecular complexity index is 344. The van der Waals surface area contributed by atoms with Crippen molar-refractivity contribution in [2.45, 2.75) is 33.3 Å². The zero-order valence-electron chi connectivity index (χ0n) is 9.22. The van der Waals surface area contributed by atoms with E-state index >= 15 is 0 Å². The van der Waals surface area contributed by atoms with E-state index in [-0.39, 0.29) is 17.7 Å². The molecule has 0 fully saturated rings. The van der Waals surface area contributed by atoms with Crippen LogP contribution < -0.4 is 0 Å². The Kier molecular flexibility index (Phi) is 3.74. The summed E-state index contributed by atoms with van der Waals surface area (Å²) >= 11 is 5.77. The van der Waals surface area contributed by atoms with E-state index in [2.05, 4.69) is 0 Å². The van der Waals surface area contributed by atoms with E-state index in [1.165, 1.54) is 12.1 Å². The highest BCUT2D eigenvalue weighted by molar-refractivity contribution is 6.30. The largest absolute Gasteiger partial charge is 0.392 e. The Hall–Kier alpha value is -0.600. The maximum Gasteiger partial charge on any atom is 0.126 e. The van der Waals surface area contributed by atoms with Crippen molar-refractivity contribution in [3.63, 3.8) is 0 Å². The fraction of sp³-hybridized carbons (Fsp3) is 0.500. The van der Waals surface area contributed by atoms with Crippen molar-refractivity contribution >= 4 is 11.6 Å². The van der Waals surface area contributed by atoms with Gasteiger partial charge in [0, 0.05) is 11.4 Å². The molecular formula is C12H16ClFO. The highest BCUT2D eigenvalue weighted by Crippen LogP contribution is 2.24. The van der Waals surface area contributed by atoms with Gasteiger partial charge in [0.2, 0.25) is 0 Å². The van der Waals surface area contributed by atoms with Crippen molar-refractivity contribution < 1.29 is 9.50 Å². The fourth-order valence-corrected chi connectivity index (χ4v) is 1.41. The van der Waals surface area contributed by atoms with Gasteiger partial charge in [0.25, 0.3) is 0 Å². The van der Waals surface area contributed by atoms with Gasteiger partial charge < -0.3 is 5.11 Å². The third kappa shape index (κ3) is 3.47. The molecule has 1 aromatic rings. The SMILES string of the molecule is CC(C)(C)C(O)Cc1cc(Cl)ccc1F. The minimum Gasteiger partial charge on any atom is -0.392 e. The minimum absolute atomic E-state index is 0.255. The van der Waals surface area contributed by atoms with Crippen LogP contribution >= 0.6 is 11.6 Å². The average molecular weight is 231 g/mol. The van der Waals surface area contributed by atoms with Crippen LogP contribution in [-0.4, -0.2) is 11.2 Å². The van der Waals surface area contributed by atoms with Crippen LogP contribution in [0.25, 0.3) is 0 Å². The molecule has 84 valence electrons. The van der Waals surface area contributed by atoms with Crippen LogP contribution in [0.2, 0.25) is 5.02 Å². The Morgan fingerprint density at radius 1 is 1.40 bits per heavy atom. The predicted octanol–water partition coefficient (Wildman–Crippen LogP) is 3.43. The van der Waals surface area contributed by atoms with Crippen LogP contribution in [0.15, 0.2) is 18.2 Å². The molecular weight excluding hydrogens is 215 g/mol. The third-order valence-corrected chi connectivity index (χ3v) is 2.66. The zero-order valence-corrected chi connectivity index (χ0v) is 9.98. The fourth-order valence-electron chi connectivity index (χ4n) is 1.21. The van der Waals surface area contributed by atoms with Gasteiger partial charge in [-0.05, 0) is 29.2 Å². The molecule has 1 N–H and O–H groups in total. The van der Waals surface area contributed by atoms with Gasteiger partial charge in [0.15, 0.2) is 0 Å². The summed E-state index contributed by atoms with van der Waals surface area (Å²) in [5.74, 6) is -0.317. The second kappa shape index (κ2) is 4.50. The number of halogens is 2. The molecule has 15 heavy (non-hydrogen) atoms. The summed E-state index contributed by atoms with van der Waals surface area (Å²) in [5, 5.41) is 10.3. The van der Waals surface area contributed by atoms with Crippen molar-refractivity contribution in [3.8, 4) is 0 Å². The summed E-state index contributed by atoms with van der Waals surface area (Å²) in [7, 11) is 0. The van der Waals surface area contributed by atoms with E-state index in [0.717, 1.165) is 0 Å². The predicted molar refractivity (Wildman–Crippen MR) is 60.6 cm³/mol. The average Bonchev–Trinajstić information content (AvgIpc) is 2.09.